The molecule has 84 valence electrons. The van der Waals surface area contributed by atoms with Gasteiger partial charge in [0.2, 0.25) is 0 Å². The summed E-state index contributed by atoms with van der Waals surface area (Å²) in [5, 5.41) is 9.48. The van der Waals surface area contributed by atoms with Crippen LogP contribution in [0.1, 0.15) is 26.7 Å². The zero-order chi connectivity index (χ0) is 10.6. The third-order valence-corrected chi connectivity index (χ3v) is 3.33. The Hall–Kier alpha value is -0.120. The maximum absolute atomic E-state index is 9.48. The predicted molar refractivity (Wildman–Crippen MR) is 57.3 cm³/mol. The number of hydrogen-bond donors (Lipinski definition) is 1. The summed E-state index contributed by atoms with van der Waals surface area (Å²) in [6.45, 7) is 7.05. The first-order valence-electron chi connectivity index (χ1n) is 5.56. The minimum atomic E-state index is -0.228. The van der Waals surface area contributed by atoms with Crippen molar-refractivity contribution in [2.75, 3.05) is 26.8 Å². The molecule has 0 bridgehead atoms. The van der Waals surface area contributed by atoms with Crippen molar-refractivity contribution in [2.45, 2.75) is 38.8 Å². The third kappa shape index (κ3) is 3.23. The van der Waals surface area contributed by atoms with Crippen molar-refractivity contribution in [3.8, 4) is 0 Å². The van der Waals surface area contributed by atoms with Crippen molar-refractivity contribution in [3.05, 3.63) is 0 Å². The highest BCUT2D eigenvalue weighted by atomic mass is 16.5. The summed E-state index contributed by atoms with van der Waals surface area (Å²) in [6, 6.07) is 0.290. The fraction of sp³-hybridized carbons (Fsp3) is 1.00. The van der Waals surface area contributed by atoms with E-state index in [1.165, 1.54) is 12.8 Å². The molecule has 1 N–H and O–H groups in total. The van der Waals surface area contributed by atoms with E-state index in [4.69, 9.17) is 4.74 Å². The topological polar surface area (TPSA) is 32.7 Å². The van der Waals surface area contributed by atoms with E-state index in [1.807, 2.05) is 6.92 Å². The molecule has 1 aliphatic rings. The molecule has 0 amide bonds. The van der Waals surface area contributed by atoms with E-state index in [1.54, 1.807) is 7.11 Å². The fourth-order valence-electron chi connectivity index (χ4n) is 2.07. The van der Waals surface area contributed by atoms with Gasteiger partial charge in [-0.15, -0.1) is 0 Å². The lowest BCUT2D eigenvalue weighted by Gasteiger charge is -2.36. The normalized spacial score (nSPS) is 24.9. The van der Waals surface area contributed by atoms with Gasteiger partial charge in [0.05, 0.1) is 6.10 Å². The van der Waals surface area contributed by atoms with Crippen LogP contribution in [0.25, 0.3) is 0 Å². The first kappa shape index (κ1) is 12.0. The second-order valence-electron chi connectivity index (χ2n) is 4.42. The number of nitrogens with zero attached hydrogens (tertiary/aromatic N) is 1. The maximum atomic E-state index is 9.48. The number of piperidine rings is 1. The van der Waals surface area contributed by atoms with Crippen LogP contribution in [0.3, 0.4) is 0 Å². The molecule has 0 aromatic heterocycles. The second kappa shape index (κ2) is 5.69. The highest BCUT2D eigenvalue weighted by Crippen LogP contribution is 2.19. The van der Waals surface area contributed by atoms with Gasteiger partial charge in [0.1, 0.15) is 0 Å². The van der Waals surface area contributed by atoms with E-state index >= 15 is 0 Å². The van der Waals surface area contributed by atoms with Gasteiger partial charge >= 0.3 is 0 Å². The molecule has 1 rings (SSSR count). The summed E-state index contributed by atoms with van der Waals surface area (Å²) < 4.78 is 5.16. The Morgan fingerprint density at radius 2 is 1.93 bits per heavy atom. The summed E-state index contributed by atoms with van der Waals surface area (Å²) in [4.78, 5) is 2.37. The molecule has 2 unspecified atom stereocenters. The average molecular weight is 201 g/mol. The van der Waals surface area contributed by atoms with Crippen molar-refractivity contribution in [2.24, 2.45) is 5.92 Å². The third-order valence-electron chi connectivity index (χ3n) is 3.33. The fourth-order valence-corrected chi connectivity index (χ4v) is 2.07. The Bertz CT molecular complexity index is 153. The molecule has 0 aromatic rings. The van der Waals surface area contributed by atoms with Crippen molar-refractivity contribution in [1.82, 2.24) is 4.90 Å². The average Bonchev–Trinajstić information content (AvgIpc) is 2.18. The Kier molecular flexibility index (Phi) is 4.85. The summed E-state index contributed by atoms with van der Waals surface area (Å²) in [6.07, 6.45) is 2.17. The SMILES string of the molecule is COCC1CCN(C(C)C(C)O)CC1. The molecule has 1 fully saturated rings. The number of methoxy groups -OCH3 is 1. The van der Waals surface area contributed by atoms with E-state index in [2.05, 4.69) is 11.8 Å². The largest absolute Gasteiger partial charge is 0.392 e. The van der Waals surface area contributed by atoms with E-state index in [9.17, 15) is 5.11 Å². The summed E-state index contributed by atoms with van der Waals surface area (Å²) in [5.41, 5.74) is 0. The van der Waals surface area contributed by atoms with Crippen LogP contribution in [-0.4, -0.2) is 49.0 Å². The van der Waals surface area contributed by atoms with Gasteiger partial charge in [0.25, 0.3) is 0 Å². The number of ether oxygens (including phenoxy) is 1. The molecule has 1 aliphatic heterocycles. The van der Waals surface area contributed by atoms with Gasteiger partial charge in [-0.2, -0.15) is 0 Å². The molecule has 2 atom stereocenters. The standard InChI is InChI=1S/C11H23NO2/c1-9(10(2)13)12-6-4-11(5-7-12)8-14-3/h9-11,13H,4-8H2,1-3H3. The maximum Gasteiger partial charge on any atom is 0.0664 e. The van der Waals surface area contributed by atoms with Gasteiger partial charge in [-0.25, -0.2) is 0 Å². The van der Waals surface area contributed by atoms with Crippen LogP contribution in [0.15, 0.2) is 0 Å². The number of aliphatic hydroxyl groups is 1. The van der Waals surface area contributed by atoms with Crippen LogP contribution in [0.4, 0.5) is 0 Å². The minimum Gasteiger partial charge on any atom is -0.392 e. The first-order valence-corrected chi connectivity index (χ1v) is 5.56. The monoisotopic (exact) mass is 201 g/mol. The van der Waals surface area contributed by atoms with Crippen molar-refractivity contribution in [3.63, 3.8) is 0 Å². The molecular weight excluding hydrogens is 178 g/mol. The van der Waals surface area contributed by atoms with Crippen LogP contribution in [-0.2, 0) is 4.74 Å². The van der Waals surface area contributed by atoms with Crippen LogP contribution < -0.4 is 0 Å². The zero-order valence-corrected chi connectivity index (χ0v) is 9.57. The minimum absolute atomic E-state index is 0.228. The number of rotatable bonds is 4. The molecule has 0 spiro atoms. The van der Waals surface area contributed by atoms with E-state index in [0.717, 1.165) is 25.6 Å². The van der Waals surface area contributed by atoms with Gasteiger partial charge in [0, 0.05) is 19.8 Å². The molecule has 0 aliphatic carbocycles. The summed E-state index contributed by atoms with van der Waals surface area (Å²) in [5.74, 6) is 0.720. The van der Waals surface area contributed by atoms with Crippen LogP contribution >= 0.6 is 0 Å². The van der Waals surface area contributed by atoms with E-state index in [-0.39, 0.29) is 6.10 Å². The Balaban J connectivity index is 2.28. The van der Waals surface area contributed by atoms with Crippen molar-refractivity contribution in [1.29, 1.82) is 0 Å². The number of likely N-dealkylation sites (tertiary alicyclic amines) is 1. The molecule has 0 saturated carbocycles. The van der Waals surface area contributed by atoms with Crippen molar-refractivity contribution >= 4 is 0 Å². The Morgan fingerprint density at radius 1 is 1.36 bits per heavy atom. The number of hydrogen-bond acceptors (Lipinski definition) is 3. The molecule has 3 nitrogen and oxygen atoms in total. The lowest BCUT2D eigenvalue weighted by atomic mass is 9.96. The highest BCUT2D eigenvalue weighted by molar-refractivity contribution is 4.78. The van der Waals surface area contributed by atoms with Crippen LogP contribution in [0.5, 0.6) is 0 Å². The lowest BCUT2D eigenvalue weighted by molar-refractivity contribution is 0.0337. The second-order valence-corrected chi connectivity index (χ2v) is 4.42. The van der Waals surface area contributed by atoms with Crippen LogP contribution in [0.2, 0.25) is 0 Å². The van der Waals surface area contributed by atoms with Gasteiger partial charge in [-0.05, 0) is 45.7 Å². The summed E-state index contributed by atoms with van der Waals surface area (Å²) in [7, 11) is 1.77. The molecule has 3 heteroatoms. The van der Waals surface area contributed by atoms with Gasteiger partial charge in [-0.3, -0.25) is 4.90 Å². The molecule has 0 aromatic carbocycles. The Morgan fingerprint density at radius 3 is 2.36 bits per heavy atom. The highest BCUT2D eigenvalue weighted by Gasteiger charge is 2.24. The molecule has 0 radical (unpaired) electrons. The van der Waals surface area contributed by atoms with E-state index < -0.39 is 0 Å². The van der Waals surface area contributed by atoms with Gasteiger partial charge < -0.3 is 9.84 Å². The van der Waals surface area contributed by atoms with E-state index in [0.29, 0.717) is 6.04 Å². The molecule has 14 heavy (non-hydrogen) atoms. The molecular formula is C11H23NO2. The van der Waals surface area contributed by atoms with Crippen LogP contribution in [0, 0.1) is 5.92 Å². The summed E-state index contributed by atoms with van der Waals surface area (Å²) >= 11 is 0. The van der Waals surface area contributed by atoms with Gasteiger partial charge in [0.15, 0.2) is 0 Å². The Labute approximate surface area is 87.1 Å². The van der Waals surface area contributed by atoms with Crippen molar-refractivity contribution < 1.29 is 9.84 Å². The number of aliphatic hydroxyl groups excluding tert-OH is 1. The first-order chi connectivity index (χ1) is 6.65. The quantitative estimate of drug-likeness (QED) is 0.739. The molecule has 1 heterocycles. The predicted octanol–water partition coefficient (Wildman–Crippen LogP) is 1.11. The smallest absolute Gasteiger partial charge is 0.0664 e. The van der Waals surface area contributed by atoms with Gasteiger partial charge in [-0.1, -0.05) is 0 Å². The lowest BCUT2D eigenvalue weighted by Crippen LogP contribution is -2.45. The molecule has 1 saturated heterocycles. The zero-order valence-electron chi connectivity index (χ0n) is 9.57.